The summed E-state index contributed by atoms with van der Waals surface area (Å²) in [7, 11) is 0. The van der Waals surface area contributed by atoms with Crippen LogP contribution in [0, 0.1) is 0 Å². The smallest absolute Gasteiger partial charge is 0.192 e. The maximum atomic E-state index is 12.0. The average molecular weight is 321 g/mol. The molecule has 7 heteroatoms. The molecule has 0 aliphatic heterocycles. The van der Waals surface area contributed by atoms with Gasteiger partial charge in [-0.25, -0.2) is 0 Å². The lowest BCUT2D eigenvalue weighted by molar-refractivity contribution is -0.111. The molecule has 7 nitrogen and oxygen atoms in total. The van der Waals surface area contributed by atoms with Crippen LogP contribution in [0.25, 0.3) is 11.3 Å². The van der Waals surface area contributed by atoms with Crippen LogP contribution in [-0.4, -0.2) is 31.1 Å². The first kappa shape index (κ1) is 15.4. The second-order valence-corrected chi connectivity index (χ2v) is 5.06. The molecule has 24 heavy (non-hydrogen) atoms. The summed E-state index contributed by atoms with van der Waals surface area (Å²) in [5, 5.41) is 23.9. The molecule has 1 aromatic heterocycles. The summed E-state index contributed by atoms with van der Waals surface area (Å²) < 4.78 is 1.51. The number of allylic oxidation sites excluding steroid dienone is 1. The minimum atomic E-state index is -0.173. The van der Waals surface area contributed by atoms with E-state index in [2.05, 4.69) is 20.8 Å². The lowest BCUT2D eigenvalue weighted by Gasteiger charge is -2.07. The van der Waals surface area contributed by atoms with Gasteiger partial charge in [0.05, 0.1) is 11.3 Å². The van der Waals surface area contributed by atoms with Crippen molar-refractivity contribution in [3.63, 3.8) is 0 Å². The van der Waals surface area contributed by atoms with Crippen LogP contribution in [0.1, 0.15) is 12.7 Å². The van der Waals surface area contributed by atoms with Gasteiger partial charge in [0, 0.05) is 11.9 Å². The first-order chi connectivity index (χ1) is 11.6. The number of carbonyl (C=O) groups excluding carboxylic acids is 1. The number of nitrogens with one attached hydrogen (secondary N) is 1. The van der Waals surface area contributed by atoms with E-state index in [1.165, 1.54) is 11.6 Å². The van der Waals surface area contributed by atoms with Gasteiger partial charge in [-0.15, -0.1) is 5.10 Å². The van der Waals surface area contributed by atoms with Gasteiger partial charge in [0.2, 0.25) is 0 Å². The highest BCUT2D eigenvalue weighted by molar-refractivity contribution is 6.18. The highest BCUT2D eigenvalue weighted by atomic mass is 16.3. The third-order valence-corrected chi connectivity index (χ3v) is 3.34. The molecule has 0 aliphatic carbocycles. The molecule has 120 valence electrons. The van der Waals surface area contributed by atoms with E-state index >= 15 is 0 Å². The number of hydrogen-bond donors (Lipinski definition) is 2. The number of aromatic hydroxyl groups is 1. The fourth-order valence-electron chi connectivity index (χ4n) is 2.13. The molecule has 2 aromatic carbocycles. The number of Topliss-reactive ketones (excluding diaryl/α,β-unsaturated/α-hetero) is 1. The summed E-state index contributed by atoms with van der Waals surface area (Å²) in [6.07, 6.45) is 1.56. The molecule has 0 saturated heterocycles. The van der Waals surface area contributed by atoms with Crippen molar-refractivity contribution in [2.45, 2.75) is 6.92 Å². The molecular weight excluding hydrogens is 306 g/mol. The highest BCUT2D eigenvalue weighted by Gasteiger charge is 2.17. The Bertz CT molecular complexity index is 870. The predicted molar refractivity (Wildman–Crippen MR) is 89.5 cm³/mol. The van der Waals surface area contributed by atoms with Crippen LogP contribution < -0.4 is 5.32 Å². The SMILES string of the molecule is CC(=O)/C(=C/Nc1ccc(O)cc1)c1nnnn1-c1ccccc1. The molecule has 3 aromatic rings. The van der Waals surface area contributed by atoms with Crippen LogP contribution in [0.4, 0.5) is 5.69 Å². The van der Waals surface area contributed by atoms with Gasteiger partial charge in [-0.2, -0.15) is 4.68 Å². The third-order valence-electron chi connectivity index (χ3n) is 3.34. The van der Waals surface area contributed by atoms with E-state index in [0.717, 1.165) is 11.4 Å². The van der Waals surface area contributed by atoms with Crippen LogP contribution in [0.2, 0.25) is 0 Å². The molecule has 0 bridgehead atoms. The van der Waals surface area contributed by atoms with Crippen LogP contribution in [0.15, 0.2) is 60.8 Å². The van der Waals surface area contributed by atoms with E-state index < -0.39 is 0 Å². The Hall–Kier alpha value is -3.48. The largest absolute Gasteiger partial charge is 0.508 e. The number of benzene rings is 2. The average Bonchev–Trinajstić information content (AvgIpc) is 3.06. The van der Waals surface area contributed by atoms with Gasteiger partial charge in [0.1, 0.15) is 5.75 Å². The number of ketones is 1. The number of phenolic OH excluding ortho intramolecular Hbond substituents is 1. The summed E-state index contributed by atoms with van der Waals surface area (Å²) >= 11 is 0. The van der Waals surface area contributed by atoms with Gasteiger partial charge in [-0.1, -0.05) is 18.2 Å². The van der Waals surface area contributed by atoms with Crippen molar-refractivity contribution in [2.24, 2.45) is 0 Å². The zero-order valence-corrected chi connectivity index (χ0v) is 12.9. The zero-order chi connectivity index (χ0) is 16.9. The van der Waals surface area contributed by atoms with Crippen molar-refractivity contribution >= 4 is 17.0 Å². The Morgan fingerprint density at radius 3 is 2.50 bits per heavy atom. The Balaban J connectivity index is 1.95. The van der Waals surface area contributed by atoms with Crippen molar-refractivity contribution in [1.29, 1.82) is 0 Å². The van der Waals surface area contributed by atoms with Crippen molar-refractivity contribution in [3.8, 4) is 11.4 Å². The first-order valence-electron chi connectivity index (χ1n) is 7.26. The maximum absolute atomic E-state index is 12.0. The summed E-state index contributed by atoms with van der Waals surface area (Å²) in [4.78, 5) is 12.0. The fraction of sp³-hybridized carbons (Fsp3) is 0.0588. The van der Waals surface area contributed by atoms with E-state index in [9.17, 15) is 9.90 Å². The molecule has 1 heterocycles. The minimum absolute atomic E-state index is 0.171. The zero-order valence-electron chi connectivity index (χ0n) is 12.9. The van der Waals surface area contributed by atoms with Crippen LogP contribution in [-0.2, 0) is 4.79 Å². The predicted octanol–water partition coefficient (Wildman–Crippen LogP) is 2.41. The van der Waals surface area contributed by atoms with Crippen LogP contribution in [0.5, 0.6) is 5.75 Å². The van der Waals surface area contributed by atoms with Crippen molar-refractivity contribution in [1.82, 2.24) is 20.2 Å². The molecular formula is C17H15N5O2. The number of rotatable bonds is 5. The first-order valence-corrected chi connectivity index (χ1v) is 7.26. The Morgan fingerprint density at radius 2 is 1.83 bits per heavy atom. The molecule has 0 saturated carbocycles. The number of hydrogen-bond acceptors (Lipinski definition) is 6. The molecule has 3 rings (SSSR count). The van der Waals surface area contributed by atoms with Gasteiger partial charge in [-0.05, 0) is 53.7 Å². The lowest BCUT2D eigenvalue weighted by Crippen LogP contribution is -2.08. The number of para-hydroxylation sites is 1. The summed E-state index contributed by atoms with van der Waals surface area (Å²) in [6, 6.07) is 15.8. The Kier molecular flexibility index (Phi) is 4.33. The van der Waals surface area contributed by atoms with E-state index in [-0.39, 0.29) is 11.5 Å². The van der Waals surface area contributed by atoms with Gasteiger partial charge in [0.25, 0.3) is 0 Å². The fourth-order valence-corrected chi connectivity index (χ4v) is 2.13. The van der Waals surface area contributed by atoms with Crippen molar-refractivity contribution < 1.29 is 9.90 Å². The van der Waals surface area contributed by atoms with Gasteiger partial charge in [-0.3, -0.25) is 4.79 Å². The molecule has 0 amide bonds. The van der Waals surface area contributed by atoms with Crippen LogP contribution in [0.3, 0.4) is 0 Å². The van der Waals surface area contributed by atoms with Gasteiger partial charge in [0.15, 0.2) is 11.6 Å². The number of tetrazole rings is 1. The van der Waals surface area contributed by atoms with E-state index in [4.69, 9.17) is 0 Å². The summed E-state index contributed by atoms with van der Waals surface area (Å²) in [6.45, 7) is 1.45. The molecule has 0 spiro atoms. The van der Waals surface area contributed by atoms with E-state index in [0.29, 0.717) is 11.4 Å². The summed E-state index contributed by atoms with van der Waals surface area (Å²) in [5.41, 5.74) is 1.83. The number of aromatic nitrogens is 4. The monoisotopic (exact) mass is 321 g/mol. The number of phenols is 1. The van der Waals surface area contributed by atoms with E-state index in [1.54, 1.807) is 30.5 Å². The van der Waals surface area contributed by atoms with Crippen molar-refractivity contribution in [2.75, 3.05) is 5.32 Å². The topological polar surface area (TPSA) is 92.9 Å². The molecule has 0 atom stereocenters. The molecule has 0 unspecified atom stereocenters. The number of nitrogens with zero attached hydrogens (tertiary/aromatic N) is 4. The molecule has 0 aliphatic rings. The van der Waals surface area contributed by atoms with E-state index in [1.807, 2.05) is 30.3 Å². The Labute approximate surface area is 138 Å². The quantitative estimate of drug-likeness (QED) is 0.554. The number of carbonyl (C=O) groups is 1. The lowest BCUT2D eigenvalue weighted by atomic mass is 10.2. The van der Waals surface area contributed by atoms with Gasteiger partial charge < -0.3 is 10.4 Å². The summed E-state index contributed by atoms with van der Waals surface area (Å²) in [5.74, 6) is 0.345. The second kappa shape index (κ2) is 6.74. The molecule has 2 N–H and O–H groups in total. The third kappa shape index (κ3) is 3.30. The maximum Gasteiger partial charge on any atom is 0.192 e. The van der Waals surface area contributed by atoms with Crippen molar-refractivity contribution in [3.05, 3.63) is 66.6 Å². The molecule has 0 radical (unpaired) electrons. The standard InChI is InChI=1S/C17H15N5O2/c1-12(23)16(11-18-13-7-9-15(24)10-8-13)17-19-20-21-22(17)14-5-3-2-4-6-14/h2-11,18,24H,1H3/b16-11-. The second-order valence-electron chi connectivity index (χ2n) is 5.06. The number of anilines is 1. The van der Waals surface area contributed by atoms with Crippen LogP contribution >= 0.6 is 0 Å². The normalized spacial score (nSPS) is 11.3. The Morgan fingerprint density at radius 1 is 1.12 bits per heavy atom. The minimum Gasteiger partial charge on any atom is -0.508 e. The molecule has 0 fully saturated rings. The highest BCUT2D eigenvalue weighted by Crippen LogP contribution is 2.18. The van der Waals surface area contributed by atoms with Gasteiger partial charge >= 0.3 is 0 Å².